The average Bonchev–Trinajstić information content (AvgIpc) is 3.01. The number of ether oxygens (including phenoxy) is 1. The van der Waals surface area contributed by atoms with Crippen LogP contribution in [0.3, 0.4) is 0 Å². The lowest BCUT2D eigenvalue weighted by Gasteiger charge is -2.04. The van der Waals surface area contributed by atoms with Crippen LogP contribution in [0.2, 0.25) is 0 Å². The summed E-state index contributed by atoms with van der Waals surface area (Å²) < 4.78 is 10.1. The first kappa shape index (κ1) is 13.0. The fourth-order valence-electron chi connectivity index (χ4n) is 1.86. The standard InChI is InChI=1S/C15H10N2O4/c18-12(11-5-1-2-7-16-11)8-20-15(19)10-4-3-6-13-14(10)17-9-21-13/h1-7,9H,8H2. The number of esters is 1. The quantitative estimate of drug-likeness (QED) is 0.539. The molecule has 21 heavy (non-hydrogen) atoms. The van der Waals surface area contributed by atoms with Gasteiger partial charge in [-0.15, -0.1) is 0 Å². The molecule has 0 aliphatic heterocycles. The summed E-state index contributed by atoms with van der Waals surface area (Å²) in [5.74, 6) is -0.991. The maximum Gasteiger partial charge on any atom is 0.340 e. The molecular formula is C15H10N2O4. The van der Waals surface area contributed by atoms with Gasteiger partial charge in [-0.3, -0.25) is 9.78 Å². The summed E-state index contributed by atoms with van der Waals surface area (Å²) in [7, 11) is 0. The zero-order chi connectivity index (χ0) is 14.7. The van der Waals surface area contributed by atoms with E-state index in [0.717, 1.165) is 0 Å². The molecule has 2 heterocycles. The molecule has 6 nitrogen and oxygen atoms in total. The summed E-state index contributed by atoms with van der Waals surface area (Å²) in [6.45, 7) is -0.371. The van der Waals surface area contributed by atoms with E-state index < -0.39 is 5.97 Å². The first-order valence-corrected chi connectivity index (χ1v) is 6.19. The van der Waals surface area contributed by atoms with Gasteiger partial charge in [0.1, 0.15) is 11.2 Å². The van der Waals surface area contributed by atoms with E-state index in [1.54, 1.807) is 36.4 Å². The molecule has 0 aliphatic carbocycles. The van der Waals surface area contributed by atoms with E-state index >= 15 is 0 Å². The van der Waals surface area contributed by atoms with Crippen molar-refractivity contribution in [3.05, 3.63) is 60.2 Å². The molecule has 0 saturated carbocycles. The van der Waals surface area contributed by atoms with Crippen molar-refractivity contribution in [2.24, 2.45) is 0 Å². The highest BCUT2D eigenvalue weighted by Gasteiger charge is 2.16. The number of benzene rings is 1. The Morgan fingerprint density at radius 1 is 1.10 bits per heavy atom. The Labute approximate surface area is 119 Å². The van der Waals surface area contributed by atoms with Crippen molar-refractivity contribution in [1.82, 2.24) is 9.97 Å². The summed E-state index contributed by atoms with van der Waals surface area (Å²) in [5, 5.41) is 0. The molecule has 104 valence electrons. The van der Waals surface area contributed by atoms with E-state index in [9.17, 15) is 9.59 Å². The SMILES string of the molecule is O=C(COC(=O)c1cccc2ocnc12)c1ccccn1. The molecule has 6 heteroatoms. The molecule has 0 amide bonds. The number of nitrogens with zero attached hydrogens (tertiary/aromatic N) is 2. The third kappa shape index (κ3) is 2.64. The van der Waals surface area contributed by atoms with Crippen LogP contribution in [0.5, 0.6) is 0 Å². The van der Waals surface area contributed by atoms with Gasteiger partial charge >= 0.3 is 5.97 Å². The average molecular weight is 282 g/mol. The van der Waals surface area contributed by atoms with Gasteiger partial charge in [-0.2, -0.15) is 0 Å². The molecule has 0 fully saturated rings. The van der Waals surface area contributed by atoms with E-state index in [-0.39, 0.29) is 23.6 Å². The highest BCUT2D eigenvalue weighted by atomic mass is 16.5. The number of pyridine rings is 1. The predicted molar refractivity (Wildman–Crippen MR) is 72.9 cm³/mol. The van der Waals surface area contributed by atoms with Crippen molar-refractivity contribution in [2.75, 3.05) is 6.61 Å². The number of para-hydroxylation sites is 1. The minimum Gasteiger partial charge on any atom is -0.454 e. The number of ketones is 1. The van der Waals surface area contributed by atoms with Crippen molar-refractivity contribution in [3.8, 4) is 0 Å². The molecule has 1 aromatic carbocycles. The molecule has 0 saturated heterocycles. The number of hydrogen-bond donors (Lipinski definition) is 0. The smallest absolute Gasteiger partial charge is 0.340 e. The number of fused-ring (bicyclic) bond motifs is 1. The van der Waals surface area contributed by atoms with Gasteiger partial charge in [0.2, 0.25) is 5.78 Å². The van der Waals surface area contributed by atoms with Crippen LogP contribution >= 0.6 is 0 Å². The Morgan fingerprint density at radius 3 is 2.81 bits per heavy atom. The van der Waals surface area contributed by atoms with Crippen molar-refractivity contribution in [3.63, 3.8) is 0 Å². The minimum absolute atomic E-state index is 0.255. The van der Waals surface area contributed by atoms with Crippen LogP contribution in [-0.4, -0.2) is 28.3 Å². The minimum atomic E-state index is -0.626. The largest absolute Gasteiger partial charge is 0.454 e. The molecule has 0 unspecified atom stereocenters. The van der Waals surface area contributed by atoms with Crippen molar-refractivity contribution < 1.29 is 18.7 Å². The molecule has 2 aromatic heterocycles. The summed E-state index contributed by atoms with van der Waals surface area (Å²) in [6, 6.07) is 9.88. The second-order valence-electron chi connectivity index (χ2n) is 4.22. The fourth-order valence-corrected chi connectivity index (χ4v) is 1.86. The third-order valence-corrected chi connectivity index (χ3v) is 2.87. The van der Waals surface area contributed by atoms with Crippen molar-refractivity contribution >= 4 is 22.9 Å². The van der Waals surface area contributed by atoms with Gasteiger partial charge < -0.3 is 9.15 Å². The highest BCUT2D eigenvalue weighted by Crippen LogP contribution is 2.17. The molecule has 0 spiro atoms. The molecule has 0 atom stereocenters. The van der Waals surface area contributed by atoms with E-state index in [0.29, 0.717) is 11.1 Å². The maximum absolute atomic E-state index is 12.0. The monoisotopic (exact) mass is 282 g/mol. The van der Waals surface area contributed by atoms with Crippen LogP contribution in [0.1, 0.15) is 20.8 Å². The summed E-state index contributed by atoms with van der Waals surface area (Å²) in [6.07, 6.45) is 2.76. The topological polar surface area (TPSA) is 82.3 Å². The van der Waals surface area contributed by atoms with Crippen molar-refractivity contribution in [2.45, 2.75) is 0 Å². The van der Waals surface area contributed by atoms with Gasteiger partial charge in [0, 0.05) is 6.20 Å². The van der Waals surface area contributed by atoms with Gasteiger partial charge in [-0.1, -0.05) is 12.1 Å². The Bertz CT molecular complexity index is 796. The van der Waals surface area contributed by atoms with E-state index in [1.807, 2.05) is 0 Å². The van der Waals surface area contributed by atoms with Crippen LogP contribution in [0.25, 0.3) is 11.1 Å². The van der Waals surface area contributed by atoms with Gasteiger partial charge in [-0.25, -0.2) is 9.78 Å². The first-order chi connectivity index (χ1) is 10.3. The molecule has 0 N–H and O–H groups in total. The molecule has 3 rings (SSSR count). The molecule has 0 radical (unpaired) electrons. The Kier molecular flexibility index (Phi) is 3.42. The van der Waals surface area contributed by atoms with E-state index in [4.69, 9.17) is 9.15 Å². The van der Waals surface area contributed by atoms with E-state index in [2.05, 4.69) is 9.97 Å². The zero-order valence-electron chi connectivity index (χ0n) is 10.9. The third-order valence-electron chi connectivity index (χ3n) is 2.87. The second-order valence-corrected chi connectivity index (χ2v) is 4.22. The summed E-state index contributed by atoms with van der Waals surface area (Å²) in [4.78, 5) is 31.7. The van der Waals surface area contributed by atoms with Crippen LogP contribution in [0.4, 0.5) is 0 Å². The molecule has 0 bridgehead atoms. The zero-order valence-corrected chi connectivity index (χ0v) is 10.9. The lowest BCUT2D eigenvalue weighted by Crippen LogP contribution is -2.15. The number of carbonyl (C=O) groups is 2. The number of hydrogen-bond acceptors (Lipinski definition) is 6. The Balaban J connectivity index is 1.72. The molecule has 0 aliphatic rings. The molecular weight excluding hydrogens is 272 g/mol. The summed E-state index contributed by atoms with van der Waals surface area (Å²) in [5.41, 5.74) is 1.41. The van der Waals surface area contributed by atoms with Crippen LogP contribution in [0, 0.1) is 0 Å². The van der Waals surface area contributed by atoms with Crippen LogP contribution < -0.4 is 0 Å². The molecule has 3 aromatic rings. The number of aromatic nitrogens is 2. The number of oxazole rings is 1. The number of carbonyl (C=O) groups excluding carboxylic acids is 2. The van der Waals surface area contributed by atoms with Crippen LogP contribution in [-0.2, 0) is 4.74 Å². The Morgan fingerprint density at radius 2 is 2.00 bits per heavy atom. The second kappa shape index (κ2) is 5.54. The van der Waals surface area contributed by atoms with Gasteiger partial charge in [-0.05, 0) is 24.3 Å². The fraction of sp³-hybridized carbons (Fsp3) is 0.0667. The first-order valence-electron chi connectivity index (χ1n) is 6.19. The van der Waals surface area contributed by atoms with Crippen LogP contribution in [0.15, 0.2) is 53.4 Å². The van der Waals surface area contributed by atoms with Gasteiger partial charge in [0.25, 0.3) is 0 Å². The summed E-state index contributed by atoms with van der Waals surface area (Å²) >= 11 is 0. The predicted octanol–water partition coefficient (Wildman–Crippen LogP) is 2.26. The van der Waals surface area contributed by atoms with Crippen molar-refractivity contribution in [1.29, 1.82) is 0 Å². The Hall–Kier alpha value is -3.02. The lowest BCUT2D eigenvalue weighted by atomic mass is 10.2. The maximum atomic E-state index is 12.0. The number of rotatable bonds is 4. The van der Waals surface area contributed by atoms with E-state index in [1.165, 1.54) is 12.6 Å². The number of Topliss-reactive ketones (excluding diaryl/α,β-unsaturated/α-hetero) is 1. The lowest BCUT2D eigenvalue weighted by molar-refractivity contribution is 0.0475. The highest BCUT2D eigenvalue weighted by molar-refractivity contribution is 6.03. The van der Waals surface area contributed by atoms with Gasteiger partial charge in [0.15, 0.2) is 18.6 Å². The van der Waals surface area contributed by atoms with Gasteiger partial charge in [0.05, 0.1) is 5.56 Å². The normalized spacial score (nSPS) is 10.5.